The van der Waals surface area contributed by atoms with Crippen LogP contribution in [0.2, 0.25) is 0 Å². The molecule has 1 aromatic rings. The van der Waals surface area contributed by atoms with Gasteiger partial charge in [-0.05, 0) is 31.6 Å². The maximum Gasteiger partial charge on any atom is 0.155 e. The fourth-order valence-corrected chi connectivity index (χ4v) is 1.85. The Balaban J connectivity index is 1.96. The quantitative estimate of drug-likeness (QED) is 0.648. The Morgan fingerprint density at radius 2 is 2.07 bits per heavy atom. The van der Waals surface area contributed by atoms with E-state index >= 15 is 0 Å². The molecule has 0 nitrogen and oxygen atoms in total. The molecule has 0 N–H and O–H groups in total. The molecule has 1 aliphatic rings. The second kappa shape index (κ2) is 5.02. The summed E-state index contributed by atoms with van der Waals surface area (Å²) in [5, 5.41) is 0. The van der Waals surface area contributed by atoms with E-state index < -0.39 is 0 Å². The van der Waals surface area contributed by atoms with Gasteiger partial charge in [0.25, 0.3) is 0 Å². The minimum absolute atomic E-state index is 1.04. The molecule has 15 heavy (non-hydrogen) atoms. The van der Waals surface area contributed by atoms with E-state index in [1.807, 2.05) is 0 Å². The number of allylic oxidation sites excluding steroid dienone is 4. The highest BCUT2D eigenvalue weighted by atomic mass is 14.0. The average Bonchev–Trinajstić information content (AvgIpc) is 2.29. The van der Waals surface area contributed by atoms with Crippen LogP contribution in [-0.2, 0) is 6.32 Å². The van der Waals surface area contributed by atoms with Crippen LogP contribution in [0.15, 0.2) is 48.0 Å². The highest BCUT2D eigenvalue weighted by Gasteiger charge is 2.02. The van der Waals surface area contributed by atoms with Gasteiger partial charge in [-0.2, -0.15) is 0 Å². The molecule has 0 saturated heterocycles. The molecule has 0 fully saturated rings. The van der Waals surface area contributed by atoms with Crippen LogP contribution in [0.4, 0.5) is 0 Å². The van der Waals surface area contributed by atoms with Crippen molar-refractivity contribution in [2.75, 3.05) is 0 Å². The van der Waals surface area contributed by atoms with Gasteiger partial charge in [-0.3, -0.25) is 0 Å². The minimum atomic E-state index is 1.04. The van der Waals surface area contributed by atoms with Crippen molar-refractivity contribution >= 4 is 7.28 Å². The number of rotatable bonds is 3. The summed E-state index contributed by atoms with van der Waals surface area (Å²) in [4.78, 5) is 0. The zero-order chi connectivity index (χ0) is 10.5. The van der Waals surface area contributed by atoms with Gasteiger partial charge in [-0.15, -0.1) is 0 Å². The highest BCUT2D eigenvalue weighted by Crippen LogP contribution is 2.12. The largest absolute Gasteiger partial charge is 0.155 e. The maximum atomic E-state index is 2.32. The van der Waals surface area contributed by atoms with Crippen LogP contribution >= 0.6 is 0 Å². The topological polar surface area (TPSA) is 0 Å². The average molecular weight is 195 g/mol. The Labute approximate surface area is 93.0 Å². The molecule has 0 bridgehead atoms. The fraction of sp³-hybridized carbons (Fsp3) is 0.286. The van der Waals surface area contributed by atoms with Gasteiger partial charge in [-0.25, -0.2) is 0 Å². The summed E-state index contributed by atoms with van der Waals surface area (Å²) in [6, 6.07) is 8.59. The van der Waals surface area contributed by atoms with Crippen LogP contribution in [0.25, 0.3) is 0 Å². The Kier molecular flexibility index (Phi) is 3.44. The standard InChI is InChI=1S/C14H16B/c1-12-7-5-6-8-13(12)11-15-14-9-3-2-4-10-14/h3,5-10H,2,4,11H2,1H3. The number of hydrogen-bond acceptors (Lipinski definition) is 0. The molecule has 0 aromatic heterocycles. The van der Waals surface area contributed by atoms with Crippen LogP contribution in [0.3, 0.4) is 0 Å². The van der Waals surface area contributed by atoms with Crippen molar-refractivity contribution in [3.05, 3.63) is 59.1 Å². The van der Waals surface area contributed by atoms with Gasteiger partial charge in [0, 0.05) is 0 Å². The molecular weight excluding hydrogens is 179 g/mol. The molecule has 2 rings (SSSR count). The second-order valence-corrected chi connectivity index (χ2v) is 4.02. The second-order valence-electron chi connectivity index (χ2n) is 4.02. The summed E-state index contributed by atoms with van der Waals surface area (Å²) >= 11 is 0. The van der Waals surface area contributed by atoms with Crippen molar-refractivity contribution in [2.24, 2.45) is 0 Å². The fourth-order valence-electron chi connectivity index (χ4n) is 1.85. The van der Waals surface area contributed by atoms with Crippen LogP contribution in [-0.4, -0.2) is 7.28 Å². The Bertz CT molecular complexity index is 388. The van der Waals surface area contributed by atoms with Crippen LogP contribution in [0.5, 0.6) is 0 Å². The third-order valence-electron chi connectivity index (χ3n) is 2.84. The number of aryl methyl sites for hydroxylation is 1. The smallest absolute Gasteiger partial charge is 0.0917 e. The first-order chi connectivity index (χ1) is 7.36. The van der Waals surface area contributed by atoms with E-state index in [0.29, 0.717) is 0 Å². The molecule has 0 unspecified atom stereocenters. The van der Waals surface area contributed by atoms with E-state index in [9.17, 15) is 0 Å². The van der Waals surface area contributed by atoms with E-state index in [1.54, 1.807) is 0 Å². The van der Waals surface area contributed by atoms with Gasteiger partial charge in [0.05, 0.1) is 0 Å². The third kappa shape index (κ3) is 2.85. The van der Waals surface area contributed by atoms with E-state index in [4.69, 9.17) is 0 Å². The predicted octanol–water partition coefficient (Wildman–Crippen LogP) is 3.43. The summed E-state index contributed by atoms with van der Waals surface area (Å²) in [5.74, 6) is 0. The molecule has 0 aliphatic heterocycles. The molecular formula is C14H16B. The molecule has 0 saturated carbocycles. The summed E-state index contributed by atoms with van der Waals surface area (Å²) in [6.45, 7) is 2.17. The van der Waals surface area contributed by atoms with Crippen molar-refractivity contribution in [1.29, 1.82) is 0 Å². The van der Waals surface area contributed by atoms with E-state index in [0.717, 1.165) is 6.32 Å². The number of benzene rings is 1. The van der Waals surface area contributed by atoms with Crippen molar-refractivity contribution in [1.82, 2.24) is 0 Å². The summed E-state index contributed by atoms with van der Waals surface area (Å²) in [6.07, 6.45) is 10.2. The monoisotopic (exact) mass is 195 g/mol. The molecule has 1 aliphatic carbocycles. The molecule has 1 heteroatoms. The first-order valence-corrected chi connectivity index (χ1v) is 5.61. The summed E-state index contributed by atoms with van der Waals surface area (Å²) in [7, 11) is 2.32. The first kappa shape index (κ1) is 10.3. The van der Waals surface area contributed by atoms with Gasteiger partial charge in [0.1, 0.15) is 0 Å². The first-order valence-electron chi connectivity index (χ1n) is 5.61. The molecule has 0 spiro atoms. The van der Waals surface area contributed by atoms with Crippen LogP contribution in [0, 0.1) is 6.92 Å². The SMILES string of the molecule is Cc1ccccc1C[B]C1=CCCC=C1. The van der Waals surface area contributed by atoms with Gasteiger partial charge in [0.15, 0.2) is 7.28 Å². The Hall–Kier alpha value is -1.24. The maximum absolute atomic E-state index is 2.32. The van der Waals surface area contributed by atoms with Gasteiger partial charge < -0.3 is 0 Å². The molecule has 1 aromatic carbocycles. The zero-order valence-electron chi connectivity index (χ0n) is 9.24. The van der Waals surface area contributed by atoms with Crippen molar-refractivity contribution in [3.63, 3.8) is 0 Å². The van der Waals surface area contributed by atoms with Crippen LogP contribution in [0.1, 0.15) is 24.0 Å². The Morgan fingerprint density at radius 3 is 2.80 bits per heavy atom. The highest BCUT2D eigenvalue weighted by molar-refractivity contribution is 6.46. The molecule has 0 atom stereocenters. The molecule has 1 radical (unpaired) electrons. The zero-order valence-corrected chi connectivity index (χ0v) is 9.24. The lowest BCUT2D eigenvalue weighted by molar-refractivity contribution is 1.03. The van der Waals surface area contributed by atoms with E-state index in [1.165, 1.54) is 29.4 Å². The van der Waals surface area contributed by atoms with Crippen LogP contribution < -0.4 is 0 Å². The van der Waals surface area contributed by atoms with Gasteiger partial charge in [0.2, 0.25) is 0 Å². The Morgan fingerprint density at radius 1 is 1.20 bits per heavy atom. The van der Waals surface area contributed by atoms with Gasteiger partial charge in [-0.1, -0.05) is 53.5 Å². The molecule has 75 valence electrons. The lowest BCUT2D eigenvalue weighted by Gasteiger charge is -2.07. The summed E-state index contributed by atoms with van der Waals surface area (Å²) in [5.41, 5.74) is 4.19. The molecule has 0 heterocycles. The predicted molar refractivity (Wildman–Crippen MR) is 67.1 cm³/mol. The van der Waals surface area contributed by atoms with E-state index in [-0.39, 0.29) is 0 Å². The lowest BCUT2D eigenvalue weighted by Crippen LogP contribution is -2.02. The third-order valence-corrected chi connectivity index (χ3v) is 2.84. The molecule has 0 amide bonds. The normalized spacial score (nSPS) is 14.9. The number of hydrogen-bond donors (Lipinski definition) is 0. The minimum Gasteiger partial charge on any atom is -0.0917 e. The summed E-state index contributed by atoms with van der Waals surface area (Å²) < 4.78 is 0. The van der Waals surface area contributed by atoms with Crippen molar-refractivity contribution in [2.45, 2.75) is 26.1 Å². The lowest BCUT2D eigenvalue weighted by atomic mass is 9.63. The van der Waals surface area contributed by atoms with Crippen molar-refractivity contribution < 1.29 is 0 Å². The van der Waals surface area contributed by atoms with E-state index in [2.05, 4.69) is 56.7 Å². The van der Waals surface area contributed by atoms with Crippen molar-refractivity contribution in [3.8, 4) is 0 Å². The van der Waals surface area contributed by atoms with Gasteiger partial charge >= 0.3 is 0 Å².